The maximum absolute atomic E-state index is 11.1. The van der Waals surface area contributed by atoms with Crippen molar-refractivity contribution in [3.05, 3.63) is 48.3 Å². The molecule has 28 heavy (non-hydrogen) atoms. The Kier molecular flexibility index (Phi) is 3.65. The summed E-state index contributed by atoms with van der Waals surface area (Å²) in [4.78, 5) is 19.5. The standard InChI is InChI=1S/C20H16N4O4/c25-16-2-1-6-21-18(16)20-22-19(23-28-20)12-3-4-14-13(8-12)9-15-11(10-17(26)27)5-7-24(14)15/h1-4,6,8-9,11,25H,5,7,10H2,(H,26,27)/t11-/m0/s1. The maximum atomic E-state index is 11.1. The number of carboxylic acid groups (broad SMARTS) is 1. The summed E-state index contributed by atoms with van der Waals surface area (Å²) in [6, 6.07) is 11.0. The van der Waals surface area contributed by atoms with E-state index in [1.165, 1.54) is 6.07 Å². The van der Waals surface area contributed by atoms with E-state index in [-0.39, 0.29) is 29.7 Å². The zero-order valence-corrected chi connectivity index (χ0v) is 14.7. The molecule has 0 bridgehead atoms. The number of aromatic nitrogens is 4. The molecule has 0 saturated heterocycles. The van der Waals surface area contributed by atoms with Gasteiger partial charge in [0.2, 0.25) is 5.82 Å². The predicted molar refractivity (Wildman–Crippen MR) is 99.7 cm³/mol. The van der Waals surface area contributed by atoms with E-state index in [9.17, 15) is 9.90 Å². The van der Waals surface area contributed by atoms with E-state index in [0.29, 0.717) is 5.82 Å². The van der Waals surface area contributed by atoms with Crippen LogP contribution in [0.1, 0.15) is 24.5 Å². The molecule has 1 aromatic carbocycles. The van der Waals surface area contributed by atoms with Gasteiger partial charge in [0.25, 0.3) is 5.89 Å². The van der Waals surface area contributed by atoms with E-state index in [1.807, 2.05) is 24.3 Å². The molecule has 0 radical (unpaired) electrons. The third-order valence-corrected chi connectivity index (χ3v) is 5.15. The summed E-state index contributed by atoms with van der Waals surface area (Å²) >= 11 is 0. The van der Waals surface area contributed by atoms with Gasteiger partial charge in [-0.3, -0.25) is 4.79 Å². The van der Waals surface area contributed by atoms with E-state index in [4.69, 9.17) is 9.63 Å². The molecule has 1 atom stereocenters. The van der Waals surface area contributed by atoms with E-state index in [0.717, 1.165) is 35.1 Å². The first kappa shape index (κ1) is 16.5. The number of aryl methyl sites for hydroxylation is 1. The van der Waals surface area contributed by atoms with Crippen molar-refractivity contribution < 1.29 is 19.5 Å². The number of rotatable bonds is 4. The van der Waals surface area contributed by atoms with Crippen LogP contribution in [0.3, 0.4) is 0 Å². The molecule has 140 valence electrons. The smallest absolute Gasteiger partial charge is 0.304 e. The van der Waals surface area contributed by atoms with Gasteiger partial charge in [-0.05, 0) is 42.8 Å². The van der Waals surface area contributed by atoms with Crippen LogP contribution in [0.4, 0.5) is 0 Å². The number of carboxylic acids is 1. The second-order valence-electron chi connectivity index (χ2n) is 6.87. The number of hydrogen-bond donors (Lipinski definition) is 2. The molecular formula is C20H16N4O4. The number of pyridine rings is 1. The lowest BCUT2D eigenvalue weighted by atomic mass is 10.0. The first-order chi connectivity index (χ1) is 13.6. The quantitative estimate of drug-likeness (QED) is 0.561. The number of hydrogen-bond acceptors (Lipinski definition) is 6. The van der Waals surface area contributed by atoms with Crippen LogP contribution < -0.4 is 0 Å². The molecule has 4 heterocycles. The fourth-order valence-electron chi connectivity index (χ4n) is 3.87. The third-order valence-electron chi connectivity index (χ3n) is 5.15. The summed E-state index contributed by atoms with van der Waals surface area (Å²) in [6.45, 7) is 0.821. The highest BCUT2D eigenvalue weighted by Crippen LogP contribution is 2.37. The maximum Gasteiger partial charge on any atom is 0.304 e. The van der Waals surface area contributed by atoms with Gasteiger partial charge in [0.05, 0.1) is 6.42 Å². The Morgan fingerprint density at radius 3 is 3.00 bits per heavy atom. The second-order valence-corrected chi connectivity index (χ2v) is 6.87. The zero-order chi connectivity index (χ0) is 19.3. The summed E-state index contributed by atoms with van der Waals surface area (Å²) in [5.74, 6) is -0.218. The molecule has 0 saturated carbocycles. The van der Waals surface area contributed by atoms with Crippen molar-refractivity contribution in [2.45, 2.75) is 25.3 Å². The molecule has 3 aromatic heterocycles. The SMILES string of the molecule is O=C(O)C[C@@H]1CCn2c1cc1cc(-c3noc(-c4ncccc4O)n3)ccc12. The Bertz CT molecular complexity index is 1210. The first-order valence-electron chi connectivity index (χ1n) is 8.93. The van der Waals surface area contributed by atoms with E-state index in [2.05, 4.69) is 19.7 Å². The molecule has 0 amide bonds. The van der Waals surface area contributed by atoms with Crippen molar-refractivity contribution in [1.82, 2.24) is 19.7 Å². The number of aliphatic carboxylic acids is 1. The molecule has 8 nitrogen and oxygen atoms in total. The largest absolute Gasteiger partial charge is 0.505 e. The predicted octanol–water partition coefficient (Wildman–Crippen LogP) is 3.42. The highest BCUT2D eigenvalue weighted by atomic mass is 16.5. The van der Waals surface area contributed by atoms with Crippen LogP contribution in [0.2, 0.25) is 0 Å². The molecule has 0 unspecified atom stereocenters. The number of fused-ring (bicyclic) bond motifs is 3. The number of carbonyl (C=O) groups is 1. The Hall–Kier alpha value is -3.68. The molecule has 0 aliphatic carbocycles. The summed E-state index contributed by atoms with van der Waals surface area (Å²) in [6.07, 6.45) is 2.54. The average molecular weight is 376 g/mol. The van der Waals surface area contributed by atoms with Crippen molar-refractivity contribution in [3.63, 3.8) is 0 Å². The highest BCUT2D eigenvalue weighted by Gasteiger charge is 2.27. The summed E-state index contributed by atoms with van der Waals surface area (Å²) in [5, 5.41) is 24.0. The van der Waals surface area contributed by atoms with E-state index in [1.54, 1.807) is 12.3 Å². The summed E-state index contributed by atoms with van der Waals surface area (Å²) < 4.78 is 7.45. The van der Waals surface area contributed by atoms with Crippen molar-refractivity contribution in [3.8, 4) is 28.7 Å². The lowest BCUT2D eigenvalue weighted by Crippen LogP contribution is -2.02. The second kappa shape index (κ2) is 6.19. The molecule has 4 aromatic rings. The Morgan fingerprint density at radius 2 is 2.18 bits per heavy atom. The van der Waals surface area contributed by atoms with Crippen LogP contribution in [0.5, 0.6) is 5.75 Å². The first-order valence-corrected chi connectivity index (χ1v) is 8.93. The average Bonchev–Trinajstić information content (AvgIpc) is 3.38. The molecule has 2 N–H and O–H groups in total. The Labute approximate surface area is 159 Å². The molecule has 1 aliphatic rings. The number of nitrogens with zero attached hydrogens (tertiary/aromatic N) is 4. The lowest BCUT2D eigenvalue weighted by Gasteiger charge is -2.04. The fourth-order valence-corrected chi connectivity index (χ4v) is 3.87. The minimum atomic E-state index is -0.776. The van der Waals surface area contributed by atoms with Crippen LogP contribution in [-0.4, -0.2) is 35.9 Å². The van der Waals surface area contributed by atoms with Crippen molar-refractivity contribution in [2.24, 2.45) is 0 Å². The zero-order valence-electron chi connectivity index (χ0n) is 14.7. The van der Waals surface area contributed by atoms with Gasteiger partial charge in [-0.2, -0.15) is 4.98 Å². The number of aromatic hydroxyl groups is 1. The van der Waals surface area contributed by atoms with E-state index < -0.39 is 5.97 Å². The highest BCUT2D eigenvalue weighted by molar-refractivity contribution is 5.86. The fraction of sp³-hybridized carbons (Fsp3) is 0.200. The number of benzene rings is 1. The summed E-state index contributed by atoms with van der Waals surface area (Å²) in [5.41, 5.74) is 3.14. The van der Waals surface area contributed by atoms with Gasteiger partial charge in [0.1, 0.15) is 5.75 Å². The van der Waals surface area contributed by atoms with Gasteiger partial charge >= 0.3 is 5.97 Å². The van der Waals surface area contributed by atoms with Crippen LogP contribution >= 0.6 is 0 Å². The Balaban J connectivity index is 1.51. The molecule has 1 aliphatic heterocycles. The van der Waals surface area contributed by atoms with E-state index >= 15 is 0 Å². The topological polar surface area (TPSA) is 114 Å². The molecule has 0 fully saturated rings. The van der Waals surface area contributed by atoms with Crippen molar-refractivity contribution in [2.75, 3.05) is 0 Å². The van der Waals surface area contributed by atoms with Crippen molar-refractivity contribution in [1.29, 1.82) is 0 Å². The monoisotopic (exact) mass is 376 g/mol. The molecule has 5 rings (SSSR count). The van der Waals surface area contributed by atoms with Gasteiger partial charge in [0.15, 0.2) is 5.69 Å². The third kappa shape index (κ3) is 2.61. The van der Waals surface area contributed by atoms with Crippen molar-refractivity contribution >= 4 is 16.9 Å². The molecule has 0 spiro atoms. The Morgan fingerprint density at radius 1 is 1.29 bits per heavy atom. The van der Waals surface area contributed by atoms with Gasteiger partial charge < -0.3 is 19.3 Å². The van der Waals surface area contributed by atoms with Crippen LogP contribution in [0.25, 0.3) is 33.9 Å². The molecule has 8 heteroatoms. The van der Waals surface area contributed by atoms with Crippen LogP contribution in [-0.2, 0) is 11.3 Å². The van der Waals surface area contributed by atoms with Gasteiger partial charge in [0, 0.05) is 40.8 Å². The summed E-state index contributed by atoms with van der Waals surface area (Å²) in [7, 11) is 0. The van der Waals surface area contributed by atoms with Gasteiger partial charge in [-0.15, -0.1) is 0 Å². The molecular weight excluding hydrogens is 360 g/mol. The van der Waals surface area contributed by atoms with Crippen LogP contribution in [0, 0.1) is 0 Å². The van der Waals surface area contributed by atoms with Gasteiger partial charge in [-0.1, -0.05) is 5.16 Å². The normalized spacial score (nSPS) is 15.8. The minimum absolute atomic E-state index is 0.0264. The lowest BCUT2D eigenvalue weighted by molar-refractivity contribution is -0.137. The van der Waals surface area contributed by atoms with Crippen LogP contribution in [0.15, 0.2) is 47.1 Å². The van der Waals surface area contributed by atoms with Gasteiger partial charge in [-0.25, -0.2) is 4.98 Å². The minimum Gasteiger partial charge on any atom is -0.505 e.